The van der Waals surface area contributed by atoms with Gasteiger partial charge in [0.15, 0.2) is 11.5 Å². The minimum Gasteiger partial charge on any atom is -0.486 e. The number of carbonyl (C=O) groups is 1. The number of esters is 1. The molecule has 0 aromatic heterocycles. The van der Waals surface area contributed by atoms with Crippen molar-refractivity contribution in [3.05, 3.63) is 47.0 Å². The SMILES string of the molecule is COC(=O)CN(c1cccc(Cl)c1C)S(=O)(=O)c1ccc2c(c1)OCCO2. The van der Waals surface area contributed by atoms with Crippen LogP contribution in [0.25, 0.3) is 0 Å². The summed E-state index contributed by atoms with van der Waals surface area (Å²) in [5.74, 6) is 0.109. The van der Waals surface area contributed by atoms with Gasteiger partial charge in [0.2, 0.25) is 0 Å². The number of hydrogen-bond donors (Lipinski definition) is 0. The van der Waals surface area contributed by atoms with Crippen molar-refractivity contribution in [2.45, 2.75) is 11.8 Å². The van der Waals surface area contributed by atoms with Gasteiger partial charge in [-0.1, -0.05) is 17.7 Å². The van der Waals surface area contributed by atoms with E-state index in [1.165, 1.54) is 25.3 Å². The fourth-order valence-corrected chi connectivity index (χ4v) is 4.31. The number of anilines is 1. The number of halogens is 1. The van der Waals surface area contributed by atoms with Crippen LogP contribution in [0.15, 0.2) is 41.3 Å². The normalized spacial score (nSPS) is 13.1. The number of sulfonamides is 1. The van der Waals surface area contributed by atoms with Crippen LogP contribution in [0.1, 0.15) is 5.56 Å². The van der Waals surface area contributed by atoms with E-state index in [1.54, 1.807) is 25.1 Å². The number of ether oxygens (including phenoxy) is 3. The van der Waals surface area contributed by atoms with E-state index in [4.69, 9.17) is 21.1 Å². The van der Waals surface area contributed by atoms with E-state index in [1.807, 2.05) is 0 Å². The van der Waals surface area contributed by atoms with Gasteiger partial charge in [0.25, 0.3) is 10.0 Å². The van der Waals surface area contributed by atoms with Gasteiger partial charge in [-0.25, -0.2) is 8.42 Å². The van der Waals surface area contributed by atoms with Crippen LogP contribution in [0, 0.1) is 6.92 Å². The first-order valence-electron chi connectivity index (χ1n) is 8.09. The topological polar surface area (TPSA) is 82.1 Å². The van der Waals surface area contributed by atoms with Gasteiger partial charge in [-0.15, -0.1) is 0 Å². The van der Waals surface area contributed by atoms with Crippen molar-refractivity contribution in [3.63, 3.8) is 0 Å². The van der Waals surface area contributed by atoms with Gasteiger partial charge >= 0.3 is 5.97 Å². The standard InChI is InChI=1S/C18H18ClNO6S/c1-12-14(19)4-3-5-15(12)20(11-18(21)24-2)27(22,23)13-6-7-16-17(10-13)26-9-8-25-16/h3-7,10H,8-9,11H2,1-2H3. The molecule has 0 bridgehead atoms. The molecule has 27 heavy (non-hydrogen) atoms. The van der Waals surface area contributed by atoms with E-state index in [0.717, 1.165) is 4.31 Å². The molecule has 0 saturated carbocycles. The van der Waals surface area contributed by atoms with Crippen molar-refractivity contribution in [2.75, 3.05) is 31.2 Å². The maximum absolute atomic E-state index is 13.3. The zero-order valence-corrected chi connectivity index (χ0v) is 16.3. The van der Waals surface area contributed by atoms with Gasteiger partial charge in [-0.05, 0) is 36.8 Å². The number of rotatable bonds is 5. The fraction of sp³-hybridized carbons (Fsp3) is 0.278. The third-order valence-electron chi connectivity index (χ3n) is 4.11. The Morgan fingerprint density at radius 1 is 1.19 bits per heavy atom. The van der Waals surface area contributed by atoms with E-state index < -0.39 is 22.5 Å². The highest BCUT2D eigenvalue weighted by atomic mass is 35.5. The minimum atomic E-state index is -4.09. The zero-order valence-electron chi connectivity index (χ0n) is 14.8. The molecule has 2 aromatic carbocycles. The zero-order chi connectivity index (χ0) is 19.6. The van der Waals surface area contributed by atoms with Crippen LogP contribution in [0.5, 0.6) is 11.5 Å². The van der Waals surface area contributed by atoms with Crippen LogP contribution in [-0.2, 0) is 19.6 Å². The summed E-state index contributed by atoms with van der Waals surface area (Å²) >= 11 is 6.15. The molecule has 0 N–H and O–H groups in total. The van der Waals surface area contributed by atoms with E-state index in [2.05, 4.69) is 4.74 Å². The monoisotopic (exact) mass is 411 g/mol. The molecular formula is C18H18ClNO6S. The smallest absolute Gasteiger partial charge is 0.326 e. The van der Waals surface area contributed by atoms with Crippen molar-refractivity contribution >= 4 is 33.3 Å². The molecule has 9 heteroatoms. The van der Waals surface area contributed by atoms with E-state index in [-0.39, 0.29) is 4.90 Å². The summed E-state index contributed by atoms with van der Waals surface area (Å²) in [7, 11) is -2.90. The lowest BCUT2D eigenvalue weighted by Crippen LogP contribution is -2.37. The Kier molecular flexibility index (Phi) is 5.48. The largest absolute Gasteiger partial charge is 0.486 e. The van der Waals surface area contributed by atoms with Crippen LogP contribution in [-0.4, -0.2) is 41.3 Å². The Morgan fingerprint density at radius 3 is 2.59 bits per heavy atom. The summed E-state index contributed by atoms with van der Waals surface area (Å²) in [5.41, 5.74) is 0.826. The van der Waals surface area contributed by atoms with Crippen molar-refractivity contribution in [1.29, 1.82) is 0 Å². The number of carbonyl (C=O) groups excluding carboxylic acids is 1. The van der Waals surface area contributed by atoms with E-state index in [0.29, 0.717) is 41.0 Å². The quantitative estimate of drug-likeness (QED) is 0.703. The summed E-state index contributed by atoms with van der Waals surface area (Å²) in [6.07, 6.45) is 0. The van der Waals surface area contributed by atoms with Crippen LogP contribution < -0.4 is 13.8 Å². The minimum absolute atomic E-state index is 0.0324. The molecular weight excluding hydrogens is 394 g/mol. The van der Waals surface area contributed by atoms with Crippen molar-refractivity contribution in [2.24, 2.45) is 0 Å². The maximum Gasteiger partial charge on any atom is 0.326 e. The maximum atomic E-state index is 13.3. The molecule has 0 fully saturated rings. The number of methoxy groups -OCH3 is 1. The van der Waals surface area contributed by atoms with Crippen molar-refractivity contribution < 1.29 is 27.4 Å². The molecule has 144 valence electrons. The highest BCUT2D eigenvalue weighted by Gasteiger charge is 2.30. The average molecular weight is 412 g/mol. The van der Waals surface area contributed by atoms with Crippen molar-refractivity contribution in [3.8, 4) is 11.5 Å². The predicted molar refractivity (Wildman–Crippen MR) is 100 cm³/mol. The lowest BCUT2D eigenvalue weighted by Gasteiger charge is -2.26. The van der Waals surface area contributed by atoms with Crippen LogP contribution in [0.3, 0.4) is 0 Å². The molecule has 1 aliphatic rings. The predicted octanol–water partition coefficient (Wildman–Crippen LogP) is 2.79. The number of hydrogen-bond acceptors (Lipinski definition) is 6. The van der Waals surface area contributed by atoms with Crippen LogP contribution >= 0.6 is 11.6 Å². The second kappa shape index (κ2) is 7.66. The van der Waals surface area contributed by atoms with E-state index >= 15 is 0 Å². The molecule has 0 spiro atoms. The van der Waals surface area contributed by atoms with Gasteiger partial charge in [-0.2, -0.15) is 0 Å². The van der Waals surface area contributed by atoms with Gasteiger partial charge in [0.1, 0.15) is 19.8 Å². The molecule has 2 aromatic rings. The van der Waals surface area contributed by atoms with Gasteiger partial charge in [0, 0.05) is 11.1 Å². The van der Waals surface area contributed by atoms with Crippen LogP contribution in [0.4, 0.5) is 5.69 Å². The number of fused-ring (bicyclic) bond motifs is 1. The van der Waals surface area contributed by atoms with Gasteiger partial charge in [-0.3, -0.25) is 9.10 Å². The molecule has 0 atom stereocenters. The Labute approximate surface area is 162 Å². The lowest BCUT2D eigenvalue weighted by molar-refractivity contribution is -0.138. The Bertz CT molecular complexity index is 976. The van der Waals surface area contributed by atoms with Gasteiger partial charge in [0.05, 0.1) is 17.7 Å². The Balaban J connectivity index is 2.10. The molecule has 3 rings (SSSR count). The summed E-state index contributed by atoms with van der Waals surface area (Å²) in [5, 5.41) is 0.389. The first kappa shape index (κ1) is 19.3. The molecule has 0 saturated heterocycles. The fourth-order valence-electron chi connectivity index (χ4n) is 2.66. The third-order valence-corrected chi connectivity index (χ3v) is 6.27. The first-order chi connectivity index (χ1) is 12.8. The summed E-state index contributed by atoms with van der Waals surface area (Å²) in [6, 6.07) is 9.17. The number of benzene rings is 2. The van der Waals surface area contributed by atoms with E-state index in [9.17, 15) is 13.2 Å². The first-order valence-corrected chi connectivity index (χ1v) is 9.90. The Hall–Kier alpha value is -2.45. The summed E-state index contributed by atoms with van der Waals surface area (Å²) < 4.78 is 43.2. The van der Waals surface area contributed by atoms with Crippen LogP contribution in [0.2, 0.25) is 5.02 Å². The second-order valence-corrected chi connectivity index (χ2v) is 8.05. The second-order valence-electron chi connectivity index (χ2n) is 5.78. The molecule has 0 unspecified atom stereocenters. The highest BCUT2D eigenvalue weighted by Crippen LogP contribution is 2.35. The highest BCUT2D eigenvalue weighted by molar-refractivity contribution is 7.92. The summed E-state index contributed by atoms with van der Waals surface area (Å²) in [6.45, 7) is 1.92. The Morgan fingerprint density at radius 2 is 1.89 bits per heavy atom. The molecule has 1 heterocycles. The van der Waals surface area contributed by atoms with Crippen molar-refractivity contribution in [1.82, 2.24) is 0 Å². The molecule has 1 aliphatic heterocycles. The third kappa shape index (κ3) is 3.81. The van der Waals surface area contributed by atoms with Gasteiger partial charge < -0.3 is 14.2 Å². The molecule has 0 radical (unpaired) electrons. The molecule has 7 nitrogen and oxygen atoms in total. The summed E-state index contributed by atoms with van der Waals surface area (Å²) in [4.78, 5) is 11.9. The molecule has 0 aliphatic carbocycles. The lowest BCUT2D eigenvalue weighted by atomic mass is 10.2. The molecule has 0 amide bonds. The number of nitrogens with zero attached hydrogens (tertiary/aromatic N) is 1. The average Bonchev–Trinajstić information content (AvgIpc) is 2.67.